The van der Waals surface area contributed by atoms with E-state index in [0.29, 0.717) is 35.1 Å². The van der Waals surface area contributed by atoms with Gasteiger partial charge >= 0.3 is 0 Å². The van der Waals surface area contributed by atoms with E-state index in [1.807, 2.05) is 5.38 Å². The molecule has 6 nitrogen and oxygen atoms in total. The second kappa shape index (κ2) is 10.5. The molecule has 0 saturated carbocycles. The summed E-state index contributed by atoms with van der Waals surface area (Å²) in [6.07, 6.45) is 4.72. The summed E-state index contributed by atoms with van der Waals surface area (Å²) in [4.78, 5) is 31.0. The summed E-state index contributed by atoms with van der Waals surface area (Å²) in [6, 6.07) is 6.71. The molecule has 0 bridgehead atoms. The molecule has 2 heterocycles. The van der Waals surface area contributed by atoms with Crippen molar-refractivity contribution >= 4 is 39.9 Å². The fraction of sp³-hybridized carbons (Fsp3) is 0.450. The topological polar surface area (TPSA) is 74.3 Å². The lowest BCUT2D eigenvalue weighted by atomic mass is 10.1. The number of thiazole rings is 1. The Morgan fingerprint density at radius 3 is 2.64 bits per heavy atom. The molecule has 0 unspecified atom stereocenters. The molecular weight excluding hydrogens is 396 g/mol. The van der Waals surface area contributed by atoms with Crippen molar-refractivity contribution in [1.29, 1.82) is 0 Å². The summed E-state index contributed by atoms with van der Waals surface area (Å²) in [7, 11) is 0. The summed E-state index contributed by atoms with van der Waals surface area (Å²) < 4.78 is 0. The highest BCUT2D eigenvalue weighted by Gasteiger charge is 2.13. The molecule has 8 heteroatoms. The molecular formula is C20H25ClN4O2S. The number of benzene rings is 1. The van der Waals surface area contributed by atoms with E-state index in [2.05, 4.69) is 20.5 Å². The number of halogens is 1. The SMILES string of the molecule is O=C(CCCNC(=O)c1ccc(Cl)cc1)Nc1nc(CN2CCCCC2)cs1. The fourth-order valence-corrected chi connectivity index (χ4v) is 3.96. The molecule has 1 aromatic heterocycles. The van der Waals surface area contributed by atoms with Crippen LogP contribution in [0.4, 0.5) is 5.13 Å². The van der Waals surface area contributed by atoms with Gasteiger partial charge in [-0.15, -0.1) is 11.3 Å². The van der Waals surface area contributed by atoms with Crippen LogP contribution in [0.15, 0.2) is 29.6 Å². The van der Waals surface area contributed by atoms with E-state index in [-0.39, 0.29) is 11.8 Å². The Labute approximate surface area is 174 Å². The summed E-state index contributed by atoms with van der Waals surface area (Å²) in [5.41, 5.74) is 1.57. The first-order valence-corrected chi connectivity index (χ1v) is 10.9. The van der Waals surface area contributed by atoms with Gasteiger partial charge in [0.05, 0.1) is 5.69 Å². The Balaban J connectivity index is 1.34. The van der Waals surface area contributed by atoms with Crippen LogP contribution in [-0.4, -0.2) is 41.3 Å². The third-order valence-corrected chi connectivity index (χ3v) is 5.66. The van der Waals surface area contributed by atoms with Gasteiger partial charge in [-0.05, 0) is 56.6 Å². The summed E-state index contributed by atoms with van der Waals surface area (Å²) >= 11 is 7.27. The molecule has 0 spiro atoms. The smallest absolute Gasteiger partial charge is 0.251 e. The number of hydrogen-bond acceptors (Lipinski definition) is 5. The molecule has 3 rings (SSSR count). The number of hydrogen-bond donors (Lipinski definition) is 2. The third kappa shape index (κ3) is 6.58. The number of rotatable bonds is 8. The maximum Gasteiger partial charge on any atom is 0.251 e. The molecule has 1 aromatic carbocycles. The van der Waals surface area contributed by atoms with Crippen molar-refractivity contribution in [2.45, 2.75) is 38.6 Å². The zero-order chi connectivity index (χ0) is 19.8. The largest absolute Gasteiger partial charge is 0.352 e. The van der Waals surface area contributed by atoms with Crippen molar-refractivity contribution < 1.29 is 9.59 Å². The first-order chi connectivity index (χ1) is 13.6. The van der Waals surface area contributed by atoms with Gasteiger partial charge in [0.1, 0.15) is 0 Å². The number of carbonyl (C=O) groups is 2. The van der Waals surface area contributed by atoms with Crippen molar-refractivity contribution in [2.75, 3.05) is 25.0 Å². The number of likely N-dealkylation sites (tertiary alicyclic amines) is 1. The lowest BCUT2D eigenvalue weighted by molar-refractivity contribution is -0.116. The van der Waals surface area contributed by atoms with Crippen molar-refractivity contribution in [3.8, 4) is 0 Å². The number of amides is 2. The van der Waals surface area contributed by atoms with Crippen LogP contribution in [0.25, 0.3) is 0 Å². The van der Waals surface area contributed by atoms with Crippen molar-refractivity contribution in [3.63, 3.8) is 0 Å². The Kier molecular flexibility index (Phi) is 7.82. The predicted octanol–water partition coefficient (Wildman–Crippen LogP) is 3.93. The number of nitrogens with zero attached hydrogens (tertiary/aromatic N) is 2. The van der Waals surface area contributed by atoms with Gasteiger partial charge in [0.25, 0.3) is 5.91 Å². The molecule has 1 aliphatic rings. The van der Waals surface area contributed by atoms with Crippen LogP contribution >= 0.6 is 22.9 Å². The molecule has 0 aliphatic carbocycles. The average Bonchev–Trinajstić information content (AvgIpc) is 3.13. The maximum atomic E-state index is 12.1. The van der Waals surface area contributed by atoms with E-state index in [9.17, 15) is 9.59 Å². The van der Waals surface area contributed by atoms with Gasteiger partial charge in [-0.25, -0.2) is 4.98 Å². The Morgan fingerprint density at radius 1 is 1.14 bits per heavy atom. The van der Waals surface area contributed by atoms with Crippen LogP contribution < -0.4 is 10.6 Å². The van der Waals surface area contributed by atoms with Gasteiger partial charge in [0.15, 0.2) is 5.13 Å². The van der Waals surface area contributed by atoms with Crippen LogP contribution in [0.5, 0.6) is 0 Å². The van der Waals surface area contributed by atoms with Gasteiger partial charge in [0, 0.05) is 35.5 Å². The van der Waals surface area contributed by atoms with Crippen molar-refractivity contribution in [2.24, 2.45) is 0 Å². The number of aromatic nitrogens is 1. The molecule has 2 aromatic rings. The molecule has 0 atom stereocenters. The van der Waals surface area contributed by atoms with Crippen LogP contribution in [0.1, 0.15) is 48.2 Å². The zero-order valence-corrected chi connectivity index (χ0v) is 17.3. The maximum absolute atomic E-state index is 12.1. The predicted molar refractivity (Wildman–Crippen MR) is 113 cm³/mol. The lowest BCUT2D eigenvalue weighted by Gasteiger charge is -2.25. The van der Waals surface area contributed by atoms with Gasteiger partial charge < -0.3 is 10.6 Å². The Bertz CT molecular complexity index is 788. The Hall–Kier alpha value is -1.96. The zero-order valence-electron chi connectivity index (χ0n) is 15.7. The van der Waals surface area contributed by atoms with E-state index in [0.717, 1.165) is 25.3 Å². The second-order valence-corrected chi connectivity index (χ2v) is 8.19. The minimum absolute atomic E-state index is 0.0837. The van der Waals surface area contributed by atoms with E-state index >= 15 is 0 Å². The fourth-order valence-electron chi connectivity index (χ4n) is 3.12. The molecule has 1 fully saturated rings. The quantitative estimate of drug-likeness (QED) is 0.634. The number of piperidine rings is 1. The monoisotopic (exact) mass is 420 g/mol. The summed E-state index contributed by atoms with van der Waals surface area (Å²) in [6.45, 7) is 3.54. The standard InChI is InChI=1S/C20H25ClN4O2S/c21-16-8-6-15(7-9-16)19(27)22-10-4-5-18(26)24-20-23-17(14-28-20)13-25-11-2-1-3-12-25/h6-9,14H,1-5,10-13H2,(H,22,27)(H,23,24,26). The second-order valence-electron chi connectivity index (χ2n) is 6.90. The van der Waals surface area contributed by atoms with Crippen molar-refractivity contribution in [1.82, 2.24) is 15.2 Å². The lowest BCUT2D eigenvalue weighted by Crippen LogP contribution is -2.29. The van der Waals surface area contributed by atoms with Gasteiger partial charge in [-0.2, -0.15) is 0 Å². The molecule has 0 radical (unpaired) electrons. The van der Waals surface area contributed by atoms with Crippen molar-refractivity contribution in [3.05, 3.63) is 45.9 Å². The van der Waals surface area contributed by atoms with E-state index in [4.69, 9.17) is 11.6 Å². The van der Waals surface area contributed by atoms with Crippen LogP contribution in [0.2, 0.25) is 5.02 Å². The first kappa shape index (κ1) is 20.8. The minimum atomic E-state index is -0.167. The van der Waals surface area contributed by atoms with Gasteiger partial charge in [-0.1, -0.05) is 18.0 Å². The highest BCUT2D eigenvalue weighted by atomic mass is 35.5. The van der Waals surface area contributed by atoms with Crippen LogP contribution in [0.3, 0.4) is 0 Å². The Morgan fingerprint density at radius 2 is 1.89 bits per heavy atom. The van der Waals surface area contributed by atoms with Gasteiger partial charge in [0.2, 0.25) is 5.91 Å². The summed E-state index contributed by atoms with van der Waals surface area (Å²) in [5, 5.41) is 8.90. The van der Waals surface area contributed by atoms with Crippen LogP contribution in [0, 0.1) is 0 Å². The van der Waals surface area contributed by atoms with E-state index in [1.54, 1.807) is 24.3 Å². The molecule has 28 heavy (non-hydrogen) atoms. The number of nitrogens with one attached hydrogen (secondary N) is 2. The van der Waals surface area contributed by atoms with Crippen LogP contribution in [-0.2, 0) is 11.3 Å². The molecule has 2 amide bonds. The molecule has 1 saturated heterocycles. The average molecular weight is 421 g/mol. The molecule has 1 aliphatic heterocycles. The number of anilines is 1. The van der Waals surface area contributed by atoms with Gasteiger partial charge in [-0.3, -0.25) is 14.5 Å². The van der Waals surface area contributed by atoms with E-state index < -0.39 is 0 Å². The summed E-state index contributed by atoms with van der Waals surface area (Å²) in [5.74, 6) is -0.251. The third-order valence-electron chi connectivity index (χ3n) is 4.60. The highest BCUT2D eigenvalue weighted by Crippen LogP contribution is 2.19. The molecule has 2 N–H and O–H groups in total. The first-order valence-electron chi connectivity index (χ1n) is 9.60. The molecule has 150 valence electrons. The van der Waals surface area contributed by atoms with E-state index in [1.165, 1.54) is 30.6 Å². The number of carbonyl (C=O) groups excluding carboxylic acids is 2. The highest BCUT2D eigenvalue weighted by molar-refractivity contribution is 7.13. The normalized spacial score (nSPS) is 14.6. The minimum Gasteiger partial charge on any atom is -0.352 e.